The van der Waals surface area contributed by atoms with Gasteiger partial charge >= 0.3 is 5.97 Å². The number of carbonyl (C=O) groups excluding carboxylic acids is 2. The lowest BCUT2D eigenvalue weighted by molar-refractivity contribution is -0.143. The molecule has 0 spiro atoms. The maximum Gasteiger partial charge on any atom is 0.328 e. The first-order valence-corrected chi connectivity index (χ1v) is 10.0. The zero-order valence-corrected chi connectivity index (χ0v) is 16.0. The molecule has 144 valence electrons. The lowest BCUT2D eigenvalue weighted by Gasteiger charge is -2.25. The summed E-state index contributed by atoms with van der Waals surface area (Å²) in [5, 5.41) is 7.44. The third-order valence-corrected chi connectivity index (χ3v) is 5.99. The van der Waals surface area contributed by atoms with Crippen LogP contribution in [0.3, 0.4) is 0 Å². The van der Waals surface area contributed by atoms with Gasteiger partial charge < -0.3 is 10.1 Å². The number of hydrogen-bond acceptors (Lipinski definition) is 4. The number of amides is 1. The summed E-state index contributed by atoms with van der Waals surface area (Å²) in [6.07, 6.45) is 11.3. The molecule has 1 amide bonds. The van der Waals surface area contributed by atoms with E-state index in [1.807, 2.05) is 6.07 Å². The Labute approximate surface area is 155 Å². The molecule has 2 aliphatic carbocycles. The quantitative estimate of drug-likeness (QED) is 0.789. The molecular weight excluding hydrogens is 330 g/mol. The number of aryl methyl sites for hydroxylation is 1. The second-order valence-electron chi connectivity index (χ2n) is 7.85. The van der Waals surface area contributed by atoms with E-state index in [2.05, 4.69) is 10.4 Å². The third-order valence-electron chi connectivity index (χ3n) is 5.99. The lowest BCUT2D eigenvalue weighted by Crippen LogP contribution is -2.43. The summed E-state index contributed by atoms with van der Waals surface area (Å²) in [6.45, 7) is 0. The molecule has 0 saturated heterocycles. The van der Waals surface area contributed by atoms with Gasteiger partial charge in [-0.05, 0) is 31.2 Å². The van der Waals surface area contributed by atoms with Crippen LogP contribution in [-0.2, 0) is 16.6 Å². The Balaban J connectivity index is 1.67. The van der Waals surface area contributed by atoms with Crippen LogP contribution in [0.5, 0.6) is 0 Å². The van der Waals surface area contributed by atoms with Crippen LogP contribution in [-0.4, -0.2) is 34.8 Å². The van der Waals surface area contributed by atoms with Crippen molar-refractivity contribution in [3.8, 4) is 0 Å². The van der Waals surface area contributed by atoms with Gasteiger partial charge in [0, 0.05) is 13.0 Å². The first kappa shape index (κ1) is 18.9. The highest BCUT2D eigenvalue weighted by Crippen LogP contribution is 2.33. The predicted molar refractivity (Wildman–Crippen MR) is 98.9 cm³/mol. The highest BCUT2D eigenvalue weighted by molar-refractivity contribution is 5.95. The topological polar surface area (TPSA) is 73.2 Å². The van der Waals surface area contributed by atoms with Crippen molar-refractivity contribution < 1.29 is 14.3 Å². The van der Waals surface area contributed by atoms with Crippen molar-refractivity contribution >= 4 is 11.9 Å². The van der Waals surface area contributed by atoms with Crippen LogP contribution >= 0.6 is 0 Å². The van der Waals surface area contributed by atoms with Gasteiger partial charge in [-0.25, -0.2) is 4.79 Å². The van der Waals surface area contributed by atoms with E-state index >= 15 is 0 Å². The Kier molecular flexibility index (Phi) is 6.33. The number of rotatable bonds is 6. The van der Waals surface area contributed by atoms with E-state index in [0.717, 1.165) is 31.4 Å². The summed E-state index contributed by atoms with van der Waals surface area (Å²) >= 11 is 0. The molecule has 2 aliphatic rings. The lowest BCUT2D eigenvalue weighted by atomic mass is 9.85. The van der Waals surface area contributed by atoms with Gasteiger partial charge in [0.2, 0.25) is 0 Å². The zero-order valence-electron chi connectivity index (χ0n) is 16.0. The van der Waals surface area contributed by atoms with Crippen LogP contribution in [0.2, 0.25) is 0 Å². The van der Waals surface area contributed by atoms with Gasteiger partial charge in [-0.1, -0.05) is 44.9 Å². The normalized spacial score (nSPS) is 20.1. The molecule has 2 saturated carbocycles. The van der Waals surface area contributed by atoms with Crippen LogP contribution in [0.4, 0.5) is 0 Å². The average molecular weight is 361 g/mol. The molecular formula is C20H31N3O3. The summed E-state index contributed by atoms with van der Waals surface area (Å²) in [6, 6.07) is 1.31. The maximum atomic E-state index is 12.8. The first-order valence-electron chi connectivity index (χ1n) is 10.0. The molecule has 1 aromatic heterocycles. The largest absolute Gasteiger partial charge is 0.467 e. The van der Waals surface area contributed by atoms with Crippen molar-refractivity contribution in [2.45, 2.75) is 76.2 Å². The van der Waals surface area contributed by atoms with Gasteiger partial charge in [0.1, 0.15) is 11.7 Å². The summed E-state index contributed by atoms with van der Waals surface area (Å²) in [5.41, 5.74) is 1.52. The van der Waals surface area contributed by atoms with E-state index in [0.29, 0.717) is 24.0 Å². The minimum Gasteiger partial charge on any atom is -0.467 e. The molecule has 0 bridgehead atoms. The number of hydrogen-bond donors (Lipinski definition) is 1. The van der Waals surface area contributed by atoms with E-state index in [1.54, 1.807) is 11.7 Å². The Morgan fingerprint density at radius 1 is 1.19 bits per heavy atom. The minimum absolute atomic E-state index is 0.240. The van der Waals surface area contributed by atoms with Gasteiger partial charge in [-0.15, -0.1) is 0 Å². The predicted octanol–water partition coefficient (Wildman–Crippen LogP) is 3.32. The second-order valence-corrected chi connectivity index (χ2v) is 7.85. The Bertz CT molecular complexity index is 628. The second kappa shape index (κ2) is 8.69. The molecule has 1 heterocycles. The van der Waals surface area contributed by atoms with E-state index in [9.17, 15) is 9.59 Å². The van der Waals surface area contributed by atoms with E-state index in [-0.39, 0.29) is 11.9 Å². The molecule has 0 unspecified atom stereocenters. The highest BCUT2D eigenvalue weighted by Gasteiger charge is 2.29. The van der Waals surface area contributed by atoms with Crippen molar-refractivity contribution in [3.63, 3.8) is 0 Å². The molecule has 1 aromatic rings. The van der Waals surface area contributed by atoms with Crippen LogP contribution in [0, 0.1) is 5.92 Å². The van der Waals surface area contributed by atoms with Crippen molar-refractivity contribution in [3.05, 3.63) is 17.5 Å². The van der Waals surface area contributed by atoms with Gasteiger partial charge in [-0.3, -0.25) is 9.48 Å². The SMILES string of the molecule is COC(=O)[C@H](CC1CCCCC1)NC(=O)c1cc(C2CCCC2)nn1C. The minimum atomic E-state index is -0.583. The highest BCUT2D eigenvalue weighted by atomic mass is 16.5. The Hall–Kier alpha value is -1.85. The molecule has 0 aromatic carbocycles. The average Bonchev–Trinajstić information content (AvgIpc) is 3.30. The summed E-state index contributed by atoms with van der Waals surface area (Å²) < 4.78 is 6.57. The zero-order chi connectivity index (χ0) is 18.5. The molecule has 6 heteroatoms. The van der Waals surface area contributed by atoms with E-state index in [4.69, 9.17) is 4.74 Å². The van der Waals surface area contributed by atoms with Crippen LogP contribution in [0.1, 0.15) is 86.3 Å². The number of esters is 1. The van der Waals surface area contributed by atoms with Gasteiger partial charge in [0.25, 0.3) is 5.91 Å². The summed E-state index contributed by atoms with van der Waals surface area (Å²) in [5.74, 6) is 0.340. The molecule has 2 fully saturated rings. The maximum absolute atomic E-state index is 12.8. The van der Waals surface area contributed by atoms with Crippen molar-refractivity contribution in [1.82, 2.24) is 15.1 Å². The Morgan fingerprint density at radius 2 is 1.85 bits per heavy atom. The molecule has 1 atom stereocenters. The Morgan fingerprint density at radius 3 is 2.50 bits per heavy atom. The fourth-order valence-corrected chi connectivity index (χ4v) is 4.47. The van der Waals surface area contributed by atoms with E-state index in [1.165, 1.54) is 39.2 Å². The van der Waals surface area contributed by atoms with Crippen molar-refractivity contribution in [1.29, 1.82) is 0 Å². The number of aromatic nitrogens is 2. The number of ether oxygens (including phenoxy) is 1. The van der Waals surface area contributed by atoms with Crippen molar-refractivity contribution in [2.75, 3.05) is 7.11 Å². The summed E-state index contributed by atoms with van der Waals surface area (Å²) in [7, 11) is 3.17. The monoisotopic (exact) mass is 361 g/mol. The smallest absolute Gasteiger partial charge is 0.328 e. The standard InChI is InChI=1S/C20H31N3O3/c1-23-18(13-16(22-23)15-10-6-7-11-15)19(24)21-17(20(25)26-2)12-14-8-4-3-5-9-14/h13-15,17H,3-12H2,1-2H3,(H,21,24)/t17-/m0/s1. The van der Waals surface area contributed by atoms with Crippen LogP contribution in [0.15, 0.2) is 6.07 Å². The third kappa shape index (κ3) is 4.46. The van der Waals surface area contributed by atoms with Gasteiger partial charge in [0.05, 0.1) is 12.8 Å². The molecule has 1 N–H and O–H groups in total. The molecule has 6 nitrogen and oxygen atoms in total. The number of nitrogens with one attached hydrogen (secondary N) is 1. The van der Waals surface area contributed by atoms with Gasteiger partial charge in [-0.2, -0.15) is 5.10 Å². The van der Waals surface area contributed by atoms with Crippen LogP contribution < -0.4 is 5.32 Å². The molecule has 0 radical (unpaired) electrons. The molecule has 0 aliphatic heterocycles. The molecule has 26 heavy (non-hydrogen) atoms. The van der Waals surface area contributed by atoms with Crippen LogP contribution in [0.25, 0.3) is 0 Å². The fourth-order valence-electron chi connectivity index (χ4n) is 4.47. The van der Waals surface area contributed by atoms with Crippen molar-refractivity contribution in [2.24, 2.45) is 13.0 Å². The number of methoxy groups -OCH3 is 1. The fraction of sp³-hybridized carbons (Fsp3) is 0.750. The van der Waals surface area contributed by atoms with E-state index < -0.39 is 6.04 Å². The summed E-state index contributed by atoms with van der Waals surface area (Å²) in [4.78, 5) is 25.0. The number of nitrogens with zero attached hydrogens (tertiary/aromatic N) is 2. The number of carbonyl (C=O) groups is 2. The first-order chi connectivity index (χ1) is 12.6. The molecule has 3 rings (SSSR count). The van der Waals surface area contributed by atoms with Gasteiger partial charge in [0.15, 0.2) is 0 Å².